The van der Waals surface area contributed by atoms with E-state index in [2.05, 4.69) is 5.32 Å². The molecule has 2 atom stereocenters. The molecule has 0 aliphatic heterocycles. The van der Waals surface area contributed by atoms with Gasteiger partial charge in [-0.15, -0.1) is 11.8 Å². The molecule has 2 aromatic rings. The van der Waals surface area contributed by atoms with Crippen molar-refractivity contribution in [2.75, 3.05) is 12.9 Å². The lowest BCUT2D eigenvalue weighted by molar-refractivity contribution is -0.138. The van der Waals surface area contributed by atoms with Gasteiger partial charge in [-0.3, -0.25) is 9.59 Å². The molecule has 0 bridgehead atoms. The first-order valence-corrected chi connectivity index (χ1v) is 9.60. The first-order chi connectivity index (χ1) is 12.5. The monoisotopic (exact) mass is 373 g/mol. The molecule has 0 aliphatic rings. The Labute approximate surface area is 157 Å². The number of benzene rings is 2. The van der Waals surface area contributed by atoms with Gasteiger partial charge in [0.15, 0.2) is 6.10 Å². The Hall–Kier alpha value is -2.31. The van der Waals surface area contributed by atoms with Crippen molar-refractivity contribution in [3.05, 3.63) is 65.7 Å². The molecule has 6 heteroatoms. The summed E-state index contributed by atoms with van der Waals surface area (Å²) in [5.74, 6) is -1.32. The number of hydrogen-bond acceptors (Lipinski definition) is 4. The molecule has 2 unspecified atom stereocenters. The number of nitrogens with one attached hydrogen (secondary N) is 1. The van der Waals surface area contributed by atoms with Crippen molar-refractivity contribution in [1.29, 1.82) is 0 Å². The first-order valence-electron chi connectivity index (χ1n) is 8.37. The van der Waals surface area contributed by atoms with E-state index in [1.165, 1.54) is 0 Å². The van der Waals surface area contributed by atoms with Crippen LogP contribution < -0.4 is 5.32 Å². The fraction of sp³-hybridized carbons (Fsp3) is 0.300. The molecule has 0 radical (unpaired) electrons. The molecular weight excluding hydrogens is 350 g/mol. The fourth-order valence-corrected chi connectivity index (χ4v) is 3.04. The van der Waals surface area contributed by atoms with E-state index in [0.717, 1.165) is 16.0 Å². The van der Waals surface area contributed by atoms with Gasteiger partial charge in [-0.1, -0.05) is 42.5 Å². The number of carboxylic acid groups (broad SMARTS) is 1. The van der Waals surface area contributed by atoms with Crippen molar-refractivity contribution in [2.45, 2.75) is 30.4 Å². The van der Waals surface area contributed by atoms with Gasteiger partial charge in [0.05, 0.1) is 12.5 Å². The Bertz CT molecular complexity index is 718. The molecule has 0 aliphatic carbocycles. The zero-order valence-electron chi connectivity index (χ0n) is 14.8. The summed E-state index contributed by atoms with van der Waals surface area (Å²) in [4.78, 5) is 25.1. The van der Waals surface area contributed by atoms with Crippen molar-refractivity contribution < 1.29 is 19.4 Å². The SMILES string of the molecule is CCOC(C(=O)NC(CC(=O)O)c1ccc(SC)cc1)c1ccccc1. The van der Waals surface area contributed by atoms with Gasteiger partial charge in [0.1, 0.15) is 0 Å². The van der Waals surface area contributed by atoms with Crippen molar-refractivity contribution in [2.24, 2.45) is 0 Å². The van der Waals surface area contributed by atoms with Gasteiger partial charge < -0.3 is 15.2 Å². The summed E-state index contributed by atoms with van der Waals surface area (Å²) >= 11 is 1.60. The van der Waals surface area contributed by atoms with Crippen LogP contribution in [0.3, 0.4) is 0 Å². The minimum absolute atomic E-state index is 0.196. The maximum Gasteiger partial charge on any atom is 0.305 e. The topological polar surface area (TPSA) is 75.6 Å². The molecule has 0 spiro atoms. The minimum Gasteiger partial charge on any atom is -0.481 e. The molecule has 0 heterocycles. The van der Waals surface area contributed by atoms with Gasteiger partial charge in [0.2, 0.25) is 0 Å². The van der Waals surface area contributed by atoms with E-state index in [0.29, 0.717) is 6.61 Å². The van der Waals surface area contributed by atoms with E-state index >= 15 is 0 Å². The summed E-state index contributed by atoms with van der Waals surface area (Å²) in [6, 6.07) is 16.1. The van der Waals surface area contributed by atoms with E-state index < -0.39 is 18.1 Å². The fourth-order valence-electron chi connectivity index (χ4n) is 2.63. The predicted molar refractivity (Wildman–Crippen MR) is 102 cm³/mol. The summed E-state index contributed by atoms with van der Waals surface area (Å²) in [5.41, 5.74) is 1.49. The molecule has 0 saturated heterocycles. The average molecular weight is 373 g/mol. The second-order valence-electron chi connectivity index (χ2n) is 5.68. The van der Waals surface area contributed by atoms with E-state index in [4.69, 9.17) is 4.74 Å². The predicted octanol–water partition coefficient (Wildman–Crippen LogP) is 3.82. The molecule has 26 heavy (non-hydrogen) atoms. The van der Waals surface area contributed by atoms with Gasteiger partial charge >= 0.3 is 5.97 Å². The van der Waals surface area contributed by atoms with Crippen molar-refractivity contribution >= 4 is 23.6 Å². The smallest absolute Gasteiger partial charge is 0.305 e. The van der Waals surface area contributed by atoms with Crippen molar-refractivity contribution in [3.8, 4) is 0 Å². The third-order valence-corrected chi connectivity index (χ3v) is 4.63. The van der Waals surface area contributed by atoms with E-state index in [1.54, 1.807) is 11.8 Å². The normalized spacial score (nSPS) is 13.0. The molecule has 0 saturated carbocycles. The van der Waals surface area contributed by atoms with E-state index in [-0.39, 0.29) is 12.3 Å². The van der Waals surface area contributed by atoms with Crippen LogP contribution in [0.4, 0.5) is 0 Å². The van der Waals surface area contributed by atoms with Crippen LogP contribution in [0.2, 0.25) is 0 Å². The Morgan fingerprint density at radius 2 is 1.73 bits per heavy atom. The Morgan fingerprint density at radius 3 is 2.27 bits per heavy atom. The maximum atomic E-state index is 12.8. The number of amides is 1. The molecule has 0 fully saturated rings. The van der Waals surface area contributed by atoms with Crippen LogP contribution >= 0.6 is 11.8 Å². The average Bonchev–Trinajstić information content (AvgIpc) is 2.66. The minimum atomic E-state index is -0.975. The van der Waals surface area contributed by atoms with Crippen LogP contribution in [0, 0.1) is 0 Å². The molecule has 5 nitrogen and oxygen atoms in total. The number of carbonyl (C=O) groups excluding carboxylic acids is 1. The van der Waals surface area contributed by atoms with Gasteiger partial charge in [-0.05, 0) is 36.4 Å². The standard InChI is InChI=1S/C20H23NO4S/c1-3-25-19(15-7-5-4-6-8-15)20(24)21-17(13-18(22)23)14-9-11-16(26-2)12-10-14/h4-12,17,19H,3,13H2,1-2H3,(H,21,24)(H,22,23). The van der Waals surface area contributed by atoms with Gasteiger partial charge in [-0.2, -0.15) is 0 Å². The maximum absolute atomic E-state index is 12.8. The number of thioether (sulfide) groups is 1. The number of rotatable bonds is 9. The Kier molecular flexibility index (Phi) is 7.69. The summed E-state index contributed by atoms with van der Waals surface area (Å²) in [5, 5.41) is 12.1. The number of hydrogen-bond donors (Lipinski definition) is 2. The lowest BCUT2D eigenvalue weighted by Gasteiger charge is -2.22. The molecular formula is C20H23NO4S. The highest BCUT2D eigenvalue weighted by molar-refractivity contribution is 7.98. The van der Waals surface area contributed by atoms with E-state index in [1.807, 2.05) is 67.8 Å². The largest absolute Gasteiger partial charge is 0.481 e. The van der Waals surface area contributed by atoms with Crippen molar-refractivity contribution in [3.63, 3.8) is 0 Å². The molecule has 138 valence electrons. The van der Waals surface area contributed by atoms with Crippen LogP contribution in [0.5, 0.6) is 0 Å². The molecule has 2 N–H and O–H groups in total. The van der Waals surface area contributed by atoms with E-state index in [9.17, 15) is 14.7 Å². The van der Waals surface area contributed by atoms with Gasteiger partial charge in [-0.25, -0.2) is 0 Å². The highest BCUT2D eigenvalue weighted by Gasteiger charge is 2.25. The molecule has 2 aromatic carbocycles. The first kappa shape index (κ1) is 20.0. The lowest BCUT2D eigenvalue weighted by Crippen LogP contribution is -2.35. The van der Waals surface area contributed by atoms with Crippen LogP contribution in [-0.2, 0) is 14.3 Å². The molecule has 2 rings (SSSR count). The van der Waals surface area contributed by atoms with Gasteiger partial charge in [0.25, 0.3) is 5.91 Å². The second kappa shape index (κ2) is 9.99. The zero-order chi connectivity index (χ0) is 18.9. The highest BCUT2D eigenvalue weighted by atomic mass is 32.2. The summed E-state index contributed by atoms with van der Waals surface area (Å²) in [6.07, 6.45) is 0.999. The van der Waals surface area contributed by atoms with Crippen LogP contribution in [0.1, 0.15) is 36.6 Å². The zero-order valence-corrected chi connectivity index (χ0v) is 15.7. The molecule has 0 aromatic heterocycles. The Balaban J connectivity index is 2.21. The second-order valence-corrected chi connectivity index (χ2v) is 6.56. The third-order valence-electron chi connectivity index (χ3n) is 3.89. The van der Waals surface area contributed by atoms with Gasteiger partial charge in [0, 0.05) is 11.5 Å². The summed E-state index contributed by atoms with van der Waals surface area (Å²) in [6.45, 7) is 2.19. The summed E-state index contributed by atoms with van der Waals surface area (Å²) < 4.78 is 5.61. The lowest BCUT2D eigenvalue weighted by atomic mass is 10.0. The number of carbonyl (C=O) groups is 2. The number of aliphatic carboxylic acids is 1. The summed E-state index contributed by atoms with van der Waals surface area (Å²) in [7, 11) is 0. The number of carboxylic acids is 1. The van der Waals surface area contributed by atoms with Crippen molar-refractivity contribution in [1.82, 2.24) is 5.32 Å². The van der Waals surface area contributed by atoms with Crippen LogP contribution in [0.15, 0.2) is 59.5 Å². The number of ether oxygens (including phenoxy) is 1. The van der Waals surface area contributed by atoms with Crippen LogP contribution in [0.25, 0.3) is 0 Å². The Morgan fingerprint density at radius 1 is 1.08 bits per heavy atom. The van der Waals surface area contributed by atoms with Crippen LogP contribution in [-0.4, -0.2) is 29.8 Å². The molecule has 1 amide bonds. The third kappa shape index (κ3) is 5.61. The highest BCUT2D eigenvalue weighted by Crippen LogP contribution is 2.24. The quantitative estimate of drug-likeness (QED) is 0.654.